The molecule has 4 aromatic rings. The summed E-state index contributed by atoms with van der Waals surface area (Å²) in [5.41, 5.74) is 3.14. The quantitative estimate of drug-likeness (QED) is 0.169. The Balaban J connectivity index is 1.35. The van der Waals surface area contributed by atoms with Crippen LogP contribution in [0.4, 0.5) is 11.4 Å². The number of nitrogens with zero attached hydrogens (tertiary/aromatic N) is 2. The molecule has 0 spiro atoms. The molecule has 2 aliphatic rings. The Labute approximate surface area is 288 Å². The standard InChI is InChI=1S/C35H32BrN3O6S2/c1-5-45-33(43)20-8-14-23(15-9-20)37-25(40)18-38-32-29(47-34(38)44)26(19-6-10-21(11-7-19)35(2,3)4)27-28(46-32)31(42)39(30(27)41)24-16-12-22(36)13-17-24/h6-17,26-28H,5,18H2,1-4H3,(H,37,40)/t26-,27-,28+/m0/s1. The first-order valence-electron chi connectivity index (χ1n) is 15.1. The zero-order valence-corrected chi connectivity index (χ0v) is 29.3. The molecule has 242 valence electrons. The number of carbonyl (C=O) groups excluding carboxylic acids is 4. The van der Waals surface area contributed by atoms with Crippen molar-refractivity contribution in [3.05, 3.63) is 109 Å². The van der Waals surface area contributed by atoms with Crippen LogP contribution in [-0.2, 0) is 31.1 Å². The van der Waals surface area contributed by atoms with E-state index in [0.717, 1.165) is 26.9 Å². The zero-order chi connectivity index (χ0) is 33.6. The van der Waals surface area contributed by atoms with Crippen LogP contribution in [0.2, 0.25) is 0 Å². The lowest BCUT2D eigenvalue weighted by Gasteiger charge is -2.31. The maximum absolute atomic E-state index is 14.1. The summed E-state index contributed by atoms with van der Waals surface area (Å²) in [5, 5.41) is 2.51. The number of aromatic nitrogens is 1. The molecule has 1 saturated heterocycles. The summed E-state index contributed by atoms with van der Waals surface area (Å²) in [4.78, 5) is 68.4. The number of thioether (sulfide) groups is 1. The third kappa shape index (κ3) is 6.33. The van der Waals surface area contributed by atoms with Gasteiger partial charge >= 0.3 is 10.8 Å². The molecule has 1 N–H and O–H groups in total. The second kappa shape index (κ2) is 12.9. The number of nitrogens with one attached hydrogen (secondary N) is 1. The van der Waals surface area contributed by atoms with Gasteiger partial charge in [0, 0.05) is 21.0 Å². The minimum Gasteiger partial charge on any atom is -0.462 e. The molecule has 12 heteroatoms. The van der Waals surface area contributed by atoms with Gasteiger partial charge in [-0.3, -0.25) is 23.7 Å². The maximum Gasteiger partial charge on any atom is 0.338 e. The number of hydrogen-bond acceptors (Lipinski definition) is 8. The first-order valence-corrected chi connectivity index (χ1v) is 17.6. The van der Waals surface area contributed by atoms with Crippen molar-refractivity contribution in [1.82, 2.24) is 4.57 Å². The van der Waals surface area contributed by atoms with Crippen LogP contribution in [0.15, 0.2) is 87.1 Å². The molecule has 0 aliphatic carbocycles. The van der Waals surface area contributed by atoms with Crippen molar-refractivity contribution in [2.24, 2.45) is 5.92 Å². The largest absolute Gasteiger partial charge is 0.462 e. The van der Waals surface area contributed by atoms with Crippen LogP contribution in [0.3, 0.4) is 0 Å². The van der Waals surface area contributed by atoms with Gasteiger partial charge in [-0.15, -0.1) is 0 Å². The first-order chi connectivity index (χ1) is 22.4. The number of imide groups is 1. The number of thiazole rings is 1. The van der Waals surface area contributed by atoms with E-state index in [4.69, 9.17) is 4.74 Å². The zero-order valence-electron chi connectivity index (χ0n) is 26.1. The molecule has 2 aliphatic heterocycles. The number of amides is 3. The van der Waals surface area contributed by atoms with Crippen LogP contribution in [-0.4, -0.2) is 40.1 Å². The van der Waals surface area contributed by atoms with E-state index >= 15 is 0 Å². The fourth-order valence-corrected chi connectivity index (χ4v) is 8.94. The Kier molecular flexibility index (Phi) is 9.03. The Bertz CT molecular complexity index is 1930. The van der Waals surface area contributed by atoms with E-state index in [2.05, 4.69) is 42.0 Å². The van der Waals surface area contributed by atoms with Gasteiger partial charge in [-0.2, -0.15) is 0 Å². The van der Waals surface area contributed by atoms with Gasteiger partial charge in [0.1, 0.15) is 11.8 Å². The summed E-state index contributed by atoms with van der Waals surface area (Å²) in [6.45, 7) is 8.04. The van der Waals surface area contributed by atoms with E-state index in [9.17, 15) is 24.0 Å². The van der Waals surface area contributed by atoms with Crippen molar-refractivity contribution in [1.29, 1.82) is 0 Å². The number of anilines is 2. The van der Waals surface area contributed by atoms with E-state index in [1.807, 2.05) is 24.3 Å². The number of carbonyl (C=O) groups is 4. The Morgan fingerprint density at radius 3 is 2.19 bits per heavy atom. The predicted octanol–water partition coefficient (Wildman–Crippen LogP) is 6.58. The average Bonchev–Trinajstić information content (AvgIpc) is 3.47. The van der Waals surface area contributed by atoms with Crippen LogP contribution < -0.4 is 15.1 Å². The summed E-state index contributed by atoms with van der Waals surface area (Å²) in [7, 11) is 0. The average molecular weight is 735 g/mol. The molecule has 3 amide bonds. The Hall–Kier alpha value is -4.00. The van der Waals surface area contributed by atoms with Crippen molar-refractivity contribution < 1.29 is 23.9 Å². The molecular formula is C35H32BrN3O6S2. The molecule has 9 nitrogen and oxygen atoms in total. The number of hydrogen-bond donors (Lipinski definition) is 1. The van der Waals surface area contributed by atoms with Gasteiger partial charge in [-0.25, -0.2) is 9.69 Å². The van der Waals surface area contributed by atoms with Gasteiger partial charge in [0.05, 0.1) is 28.8 Å². The highest BCUT2D eigenvalue weighted by Crippen LogP contribution is 2.54. The summed E-state index contributed by atoms with van der Waals surface area (Å²) in [5.74, 6) is -2.87. The van der Waals surface area contributed by atoms with E-state index in [1.54, 1.807) is 55.5 Å². The third-order valence-electron chi connectivity index (χ3n) is 8.25. The molecule has 3 atom stereocenters. The number of halogens is 1. The maximum atomic E-state index is 14.1. The number of rotatable bonds is 7. The second-order valence-electron chi connectivity index (χ2n) is 12.4. The van der Waals surface area contributed by atoms with E-state index < -0.39 is 29.0 Å². The molecule has 0 saturated carbocycles. The van der Waals surface area contributed by atoms with Crippen molar-refractivity contribution in [2.45, 2.75) is 55.8 Å². The highest BCUT2D eigenvalue weighted by Gasteiger charge is 2.56. The normalized spacial score (nSPS) is 18.9. The smallest absolute Gasteiger partial charge is 0.338 e. The van der Waals surface area contributed by atoms with Crippen molar-refractivity contribution in [3.8, 4) is 0 Å². The van der Waals surface area contributed by atoms with Gasteiger partial charge in [0.25, 0.3) is 0 Å². The topological polar surface area (TPSA) is 115 Å². The fraction of sp³-hybridized carbons (Fsp3) is 0.286. The lowest BCUT2D eigenvalue weighted by Crippen LogP contribution is -2.33. The third-order valence-corrected chi connectivity index (χ3v) is 11.4. The molecule has 0 bridgehead atoms. The number of ether oxygens (including phenoxy) is 1. The van der Waals surface area contributed by atoms with Crippen LogP contribution in [0, 0.1) is 5.92 Å². The monoisotopic (exact) mass is 733 g/mol. The highest BCUT2D eigenvalue weighted by molar-refractivity contribution is 9.10. The minimum absolute atomic E-state index is 0.0905. The highest BCUT2D eigenvalue weighted by atomic mass is 79.9. The van der Waals surface area contributed by atoms with E-state index in [0.29, 0.717) is 26.8 Å². The summed E-state index contributed by atoms with van der Waals surface area (Å²) < 4.78 is 7.22. The van der Waals surface area contributed by atoms with Crippen LogP contribution in [0.25, 0.3) is 0 Å². The second-order valence-corrected chi connectivity index (χ2v) is 15.4. The number of esters is 1. The van der Waals surface area contributed by atoms with Crippen molar-refractivity contribution >= 4 is 74.1 Å². The molecule has 1 aromatic heterocycles. The first kappa shape index (κ1) is 32.9. The van der Waals surface area contributed by atoms with Crippen LogP contribution >= 0.6 is 39.0 Å². The predicted molar refractivity (Wildman–Crippen MR) is 186 cm³/mol. The van der Waals surface area contributed by atoms with Crippen molar-refractivity contribution in [3.63, 3.8) is 0 Å². The summed E-state index contributed by atoms with van der Waals surface area (Å²) >= 11 is 5.59. The molecule has 6 rings (SSSR count). The fourth-order valence-electron chi connectivity index (χ4n) is 5.90. The van der Waals surface area contributed by atoms with Gasteiger partial charge in [0.2, 0.25) is 17.7 Å². The molecule has 47 heavy (non-hydrogen) atoms. The molecular weight excluding hydrogens is 702 g/mol. The SMILES string of the molecule is CCOC(=O)c1ccc(NC(=O)Cn2c3c(sc2=O)[C@@H](c2ccc(C(C)(C)C)cc2)[C@@H]2C(=O)N(c4ccc(Br)cc4)C(=O)[C@@H]2S3)cc1. The Morgan fingerprint density at radius 2 is 1.57 bits per heavy atom. The van der Waals surface area contributed by atoms with E-state index in [1.165, 1.54) is 21.2 Å². The summed E-state index contributed by atoms with van der Waals surface area (Å²) in [6.07, 6.45) is 0. The molecule has 3 heterocycles. The number of benzene rings is 3. The van der Waals surface area contributed by atoms with Crippen molar-refractivity contribution in [2.75, 3.05) is 16.8 Å². The van der Waals surface area contributed by atoms with Gasteiger partial charge in [-0.05, 0) is 72.0 Å². The lowest BCUT2D eigenvalue weighted by atomic mass is 9.81. The Morgan fingerprint density at radius 1 is 0.915 bits per heavy atom. The molecule has 3 aromatic carbocycles. The van der Waals surface area contributed by atoms with Gasteiger partial charge in [-0.1, -0.05) is 84.1 Å². The lowest BCUT2D eigenvalue weighted by molar-refractivity contribution is -0.122. The van der Waals surface area contributed by atoms with Crippen LogP contribution in [0.5, 0.6) is 0 Å². The van der Waals surface area contributed by atoms with E-state index in [-0.39, 0.29) is 35.3 Å². The number of fused-ring (bicyclic) bond motifs is 2. The molecule has 0 radical (unpaired) electrons. The van der Waals surface area contributed by atoms with Crippen LogP contribution in [0.1, 0.15) is 60.0 Å². The molecule has 1 fully saturated rings. The van der Waals surface area contributed by atoms with Gasteiger partial charge < -0.3 is 10.1 Å². The van der Waals surface area contributed by atoms with Gasteiger partial charge in [0.15, 0.2) is 0 Å². The minimum atomic E-state index is -0.787. The summed E-state index contributed by atoms with van der Waals surface area (Å²) in [6, 6.07) is 21.3. The molecule has 0 unspecified atom stereocenters.